The molecule has 1 N–H and O–H groups in total. The largest absolute Gasteiger partial charge is 0.493 e. The molecule has 1 aromatic rings. The Morgan fingerprint density at radius 1 is 1.30 bits per heavy atom. The zero-order chi connectivity index (χ0) is 16.0. The van der Waals surface area contributed by atoms with E-state index >= 15 is 0 Å². The van der Waals surface area contributed by atoms with Gasteiger partial charge in [-0.3, -0.25) is 0 Å². The molecule has 1 spiro atoms. The van der Waals surface area contributed by atoms with Crippen LogP contribution < -0.4 is 9.47 Å². The minimum Gasteiger partial charge on any atom is -0.493 e. The summed E-state index contributed by atoms with van der Waals surface area (Å²) in [5.74, 6) is 2.12. The Hall–Kier alpha value is -1.52. The van der Waals surface area contributed by atoms with Crippen LogP contribution in [0, 0.1) is 5.92 Å². The Kier molecular flexibility index (Phi) is 2.48. The number of aliphatic hydroxyl groups is 1. The Bertz CT molecular complexity index is 726. The van der Waals surface area contributed by atoms with Crippen LogP contribution in [0.3, 0.4) is 0 Å². The first-order valence-corrected chi connectivity index (χ1v) is 8.55. The van der Waals surface area contributed by atoms with Gasteiger partial charge in [0.25, 0.3) is 0 Å². The lowest BCUT2D eigenvalue weighted by Gasteiger charge is -2.58. The van der Waals surface area contributed by atoms with Gasteiger partial charge in [-0.2, -0.15) is 0 Å². The van der Waals surface area contributed by atoms with Crippen LogP contribution in [0.5, 0.6) is 11.5 Å². The molecular formula is C19H24NO3+. The minimum absolute atomic E-state index is 0.0793. The lowest BCUT2D eigenvalue weighted by atomic mass is 9.53. The number of hydrogen-bond donors (Lipinski definition) is 1. The molecule has 0 amide bonds. The second-order valence-electron chi connectivity index (χ2n) is 8.13. The molecule has 2 bridgehead atoms. The quantitative estimate of drug-likeness (QED) is 0.633. The summed E-state index contributed by atoms with van der Waals surface area (Å²) in [5, 5.41) is 10.6. The average molecular weight is 314 g/mol. The summed E-state index contributed by atoms with van der Waals surface area (Å²) in [5.41, 5.74) is 2.63. The van der Waals surface area contributed by atoms with Gasteiger partial charge in [0.2, 0.25) is 0 Å². The molecule has 0 radical (unpaired) electrons. The van der Waals surface area contributed by atoms with Gasteiger partial charge in [0.1, 0.15) is 18.2 Å². The number of hydrogen-bond acceptors (Lipinski definition) is 3. The summed E-state index contributed by atoms with van der Waals surface area (Å²) >= 11 is 0. The van der Waals surface area contributed by atoms with Crippen LogP contribution in [0.4, 0.5) is 0 Å². The molecule has 3 unspecified atom stereocenters. The number of quaternary nitrogens is 1. The Balaban J connectivity index is 1.82. The molecule has 5 atom stereocenters. The van der Waals surface area contributed by atoms with Crippen molar-refractivity contribution in [2.24, 2.45) is 5.92 Å². The van der Waals surface area contributed by atoms with Crippen LogP contribution in [0.2, 0.25) is 0 Å². The highest BCUT2D eigenvalue weighted by Crippen LogP contribution is 2.63. The molecular weight excluding hydrogens is 290 g/mol. The zero-order valence-electron chi connectivity index (χ0n) is 14.0. The fourth-order valence-corrected chi connectivity index (χ4v) is 5.75. The van der Waals surface area contributed by atoms with Crippen molar-refractivity contribution in [3.8, 4) is 11.5 Å². The first-order chi connectivity index (χ1) is 11.0. The summed E-state index contributed by atoms with van der Waals surface area (Å²) in [6.45, 7) is 1.12. The Morgan fingerprint density at radius 3 is 2.91 bits per heavy atom. The van der Waals surface area contributed by atoms with Crippen molar-refractivity contribution >= 4 is 0 Å². The number of aliphatic hydroxyl groups excluding tert-OH is 1. The lowest BCUT2D eigenvalue weighted by molar-refractivity contribution is -0.926. The number of methoxy groups -OCH3 is 1. The highest BCUT2D eigenvalue weighted by atomic mass is 16.5. The first kappa shape index (κ1) is 13.9. The van der Waals surface area contributed by atoms with Crippen molar-refractivity contribution < 1.29 is 19.1 Å². The van der Waals surface area contributed by atoms with E-state index in [0.29, 0.717) is 12.0 Å². The van der Waals surface area contributed by atoms with E-state index in [4.69, 9.17) is 9.47 Å². The van der Waals surface area contributed by atoms with E-state index in [-0.39, 0.29) is 11.5 Å². The van der Waals surface area contributed by atoms with Gasteiger partial charge in [0.15, 0.2) is 11.5 Å². The van der Waals surface area contributed by atoms with Crippen LogP contribution in [-0.4, -0.2) is 55.6 Å². The van der Waals surface area contributed by atoms with Crippen LogP contribution in [-0.2, 0) is 11.8 Å². The smallest absolute Gasteiger partial charge is 0.165 e. The van der Waals surface area contributed by atoms with Crippen LogP contribution >= 0.6 is 0 Å². The highest BCUT2D eigenvalue weighted by Gasteiger charge is 2.67. The van der Waals surface area contributed by atoms with Crippen molar-refractivity contribution in [1.29, 1.82) is 0 Å². The van der Waals surface area contributed by atoms with Gasteiger partial charge < -0.3 is 19.1 Å². The predicted molar refractivity (Wildman–Crippen MR) is 86.8 cm³/mol. The van der Waals surface area contributed by atoms with E-state index in [2.05, 4.69) is 26.2 Å². The zero-order valence-corrected chi connectivity index (χ0v) is 14.0. The lowest BCUT2D eigenvalue weighted by Crippen LogP contribution is -2.70. The summed E-state index contributed by atoms with van der Waals surface area (Å²) in [6, 6.07) is 4.79. The number of likely N-dealkylation sites (N-methyl/N-ethyl adjacent to an activating group) is 1. The maximum absolute atomic E-state index is 10.6. The van der Waals surface area contributed by atoms with Gasteiger partial charge in [0, 0.05) is 24.3 Å². The number of benzene rings is 1. The molecule has 0 aromatic heterocycles. The molecule has 4 heteroatoms. The fourth-order valence-electron chi connectivity index (χ4n) is 5.75. The summed E-state index contributed by atoms with van der Waals surface area (Å²) in [6.07, 6.45) is 5.64. The third-order valence-corrected chi connectivity index (χ3v) is 6.91. The second-order valence-corrected chi connectivity index (χ2v) is 8.13. The molecule has 4 aliphatic rings. The topological polar surface area (TPSA) is 38.7 Å². The molecule has 2 aliphatic heterocycles. The summed E-state index contributed by atoms with van der Waals surface area (Å²) in [4.78, 5) is 0. The molecule has 1 aromatic carbocycles. The maximum atomic E-state index is 10.6. The highest BCUT2D eigenvalue weighted by molar-refractivity contribution is 5.61. The second kappa shape index (κ2) is 4.11. The maximum Gasteiger partial charge on any atom is 0.165 e. The number of rotatable bonds is 1. The average Bonchev–Trinajstić information content (AvgIpc) is 2.88. The minimum atomic E-state index is -0.538. The van der Waals surface area contributed by atoms with E-state index in [9.17, 15) is 5.11 Å². The monoisotopic (exact) mass is 314 g/mol. The Labute approximate surface area is 136 Å². The summed E-state index contributed by atoms with van der Waals surface area (Å²) < 4.78 is 12.9. The SMILES string of the molecule is COc1ccc2c3c1O[C@H]1[C@@H](O)C=CC4C(C2)[N+](C)(C)CCC341. The van der Waals surface area contributed by atoms with Crippen LogP contribution in [0.1, 0.15) is 17.5 Å². The van der Waals surface area contributed by atoms with E-state index < -0.39 is 6.10 Å². The van der Waals surface area contributed by atoms with Crippen LogP contribution in [0.15, 0.2) is 24.3 Å². The number of likely N-dealkylation sites (tertiary alicyclic amines) is 1. The molecule has 2 heterocycles. The molecule has 23 heavy (non-hydrogen) atoms. The van der Waals surface area contributed by atoms with Crippen molar-refractivity contribution in [3.63, 3.8) is 0 Å². The fraction of sp³-hybridized carbons (Fsp3) is 0.579. The first-order valence-electron chi connectivity index (χ1n) is 8.55. The van der Waals surface area contributed by atoms with Gasteiger partial charge in [-0.1, -0.05) is 18.2 Å². The summed E-state index contributed by atoms with van der Waals surface area (Å²) in [7, 11) is 6.38. The van der Waals surface area contributed by atoms with E-state index in [1.807, 2.05) is 12.1 Å². The van der Waals surface area contributed by atoms with Crippen molar-refractivity contribution in [1.82, 2.24) is 0 Å². The van der Waals surface area contributed by atoms with Crippen molar-refractivity contribution in [2.45, 2.75) is 36.5 Å². The van der Waals surface area contributed by atoms with E-state index in [1.165, 1.54) is 11.1 Å². The standard InChI is InChI=1S/C19H24NO3/c1-20(2)9-8-19-12-5-6-14(21)18(19)23-17-15(22-3)7-4-11(16(17)19)10-13(12)20/h4-7,12-14,18,21H,8-10H2,1-3H3/q+1/t12?,13?,14-,18-,19?/m0/s1. The Morgan fingerprint density at radius 2 is 2.13 bits per heavy atom. The predicted octanol–water partition coefficient (Wildman–Crippen LogP) is 1.65. The number of piperidine rings is 1. The number of nitrogens with zero attached hydrogens (tertiary/aromatic N) is 1. The molecule has 0 saturated carbocycles. The molecule has 1 saturated heterocycles. The van der Waals surface area contributed by atoms with Gasteiger partial charge in [-0.25, -0.2) is 0 Å². The van der Waals surface area contributed by atoms with E-state index in [0.717, 1.165) is 35.4 Å². The van der Waals surface area contributed by atoms with E-state index in [1.54, 1.807) is 7.11 Å². The normalized spacial score (nSPS) is 41.2. The molecule has 2 aliphatic carbocycles. The van der Waals surface area contributed by atoms with Gasteiger partial charge in [0.05, 0.1) is 33.2 Å². The van der Waals surface area contributed by atoms with Crippen molar-refractivity contribution in [2.75, 3.05) is 27.7 Å². The molecule has 1 fully saturated rings. The van der Waals surface area contributed by atoms with Gasteiger partial charge in [-0.05, 0) is 11.6 Å². The van der Waals surface area contributed by atoms with Gasteiger partial charge in [-0.15, -0.1) is 0 Å². The van der Waals surface area contributed by atoms with Crippen molar-refractivity contribution in [3.05, 3.63) is 35.4 Å². The van der Waals surface area contributed by atoms with Gasteiger partial charge >= 0.3 is 0 Å². The molecule has 5 rings (SSSR count). The third-order valence-electron chi connectivity index (χ3n) is 6.91. The van der Waals surface area contributed by atoms with Crippen LogP contribution in [0.25, 0.3) is 0 Å². The number of ether oxygens (including phenoxy) is 2. The molecule has 4 nitrogen and oxygen atoms in total. The third kappa shape index (κ3) is 1.45. The molecule has 122 valence electrons.